The van der Waals surface area contributed by atoms with Crippen LogP contribution in [0.15, 0.2) is 46.5 Å². The first-order chi connectivity index (χ1) is 12.0. The molecule has 0 aliphatic carbocycles. The summed E-state index contributed by atoms with van der Waals surface area (Å²) in [5, 5.41) is 3.58. The summed E-state index contributed by atoms with van der Waals surface area (Å²) >= 11 is 1.43. The average Bonchev–Trinajstić information content (AvgIpc) is 2.70. The molecule has 5 nitrogen and oxygen atoms in total. The molecule has 6 heteroatoms. The molecule has 2 heterocycles. The van der Waals surface area contributed by atoms with Crippen molar-refractivity contribution >= 4 is 29.3 Å². The van der Waals surface area contributed by atoms with Crippen molar-refractivity contribution in [2.75, 3.05) is 11.4 Å². The number of fused-ring (bicyclic) bond motifs is 2. The van der Waals surface area contributed by atoms with Crippen molar-refractivity contribution in [3.63, 3.8) is 0 Å². The highest BCUT2D eigenvalue weighted by molar-refractivity contribution is 7.99. The van der Waals surface area contributed by atoms with Gasteiger partial charge in [-0.3, -0.25) is 9.59 Å². The molecule has 0 unspecified atom stereocenters. The van der Waals surface area contributed by atoms with E-state index in [2.05, 4.69) is 10.3 Å². The molecule has 0 fully saturated rings. The summed E-state index contributed by atoms with van der Waals surface area (Å²) < 4.78 is 0. The summed E-state index contributed by atoms with van der Waals surface area (Å²) in [6, 6.07) is 9.13. The number of aromatic nitrogens is 1. The molecule has 0 bridgehead atoms. The predicted octanol–water partition coefficient (Wildman–Crippen LogP) is 3.74. The van der Waals surface area contributed by atoms with Crippen molar-refractivity contribution in [1.29, 1.82) is 0 Å². The zero-order valence-corrected chi connectivity index (χ0v) is 15.4. The van der Waals surface area contributed by atoms with Crippen LogP contribution in [0.3, 0.4) is 0 Å². The zero-order valence-electron chi connectivity index (χ0n) is 14.6. The normalized spacial score (nSPS) is 13.3. The second-order valence-electron chi connectivity index (χ2n) is 6.23. The maximum absolute atomic E-state index is 12.9. The van der Waals surface area contributed by atoms with Crippen LogP contribution in [0, 0.1) is 0 Å². The molecule has 0 atom stereocenters. The molecular weight excluding hydrogens is 334 g/mol. The standard InChI is InChI=1S/C19H21N3O2S/c1-4-10-22-15-8-7-13(17(23)21-12(2)3)11-16(15)25-18-14(19(22)24)6-5-9-20-18/h5-9,11-12H,4,10H2,1-3H3,(H,21,23). The van der Waals surface area contributed by atoms with Gasteiger partial charge in [-0.1, -0.05) is 18.7 Å². The Hall–Kier alpha value is -2.34. The van der Waals surface area contributed by atoms with Crippen molar-refractivity contribution in [2.45, 2.75) is 43.2 Å². The minimum atomic E-state index is -0.114. The van der Waals surface area contributed by atoms with Crippen LogP contribution in [0.5, 0.6) is 0 Å². The molecule has 1 aliphatic heterocycles. The highest BCUT2D eigenvalue weighted by Crippen LogP contribution is 2.40. The molecule has 0 spiro atoms. The van der Waals surface area contributed by atoms with E-state index >= 15 is 0 Å². The van der Waals surface area contributed by atoms with Crippen LogP contribution in [-0.4, -0.2) is 29.4 Å². The topological polar surface area (TPSA) is 62.3 Å². The number of nitrogens with one attached hydrogen (secondary N) is 1. The molecule has 0 saturated carbocycles. The minimum absolute atomic E-state index is 0.0458. The van der Waals surface area contributed by atoms with E-state index in [1.807, 2.05) is 32.9 Å². The molecule has 2 amide bonds. The molecule has 0 radical (unpaired) electrons. The van der Waals surface area contributed by atoms with E-state index in [4.69, 9.17) is 0 Å². The highest BCUT2D eigenvalue weighted by Gasteiger charge is 2.28. The molecular formula is C19H21N3O2S. The fourth-order valence-corrected chi connectivity index (χ4v) is 3.80. The van der Waals surface area contributed by atoms with Crippen LogP contribution in [0.25, 0.3) is 0 Å². The third-order valence-corrected chi connectivity index (χ3v) is 4.90. The quantitative estimate of drug-likeness (QED) is 0.907. The van der Waals surface area contributed by atoms with E-state index < -0.39 is 0 Å². The number of hydrogen-bond donors (Lipinski definition) is 1. The van der Waals surface area contributed by atoms with Crippen molar-refractivity contribution in [3.05, 3.63) is 47.7 Å². The summed E-state index contributed by atoms with van der Waals surface area (Å²) in [7, 11) is 0. The van der Waals surface area contributed by atoms with Gasteiger partial charge in [-0.05, 0) is 50.6 Å². The number of amides is 2. The summed E-state index contributed by atoms with van der Waals surface area (Å²) in [6.07, 6.45) is 2.53. The van der Waals surface area contributed by atoms with Crippen LogP contribution in [0.2, 0.25) is 0 Å². The van der Waals surface area contributed by atoms with Gasteiger partial charge < -0.3 is 10.2 Å². The lowest BCUT2D eigenvalue weighted by atomic mass is 10.1. The van der Waals surface area contributed by atoms with E-state index in [0.717, 1.165) is 17.0 Å². The molecule has 1 aromatic carbocycles. The lowest BCUT2D eigenvalue weighted by Gasteiger charge is -2.22. The Balaban J connectivity index is 2.08. The number of hydrogen-bond acceptors (Lipinski definition) is 4. The number of rotatable bonds is 4. The second kappa shape index (κ2) is 7.27. The number of anilines is 1. The van der Waals surface area contributed by atoms with Gasteiger partial charge in [0, 0.05) is 29.2 Å². The van der Waals surface area contributed by atoms with Gasteiger partial charge in [-0.25, -0.2) is 4.98 Å². The number of nitrogens with zero attached hydrogens (tertiary/aromatic N) is 2. The van der Waals surface area contributed by atoms with E-state index in [1.54, 1.807) is 29.3 Å². The van der Waals surface area contributed by atoms with Gasteiger partial charge in [0.15, 0.2) is 0 Å². The third kappa shape index (κ3) is 3.54. The Morgan fingerprint density at radius 1 is 1.32 bits per heavy atom. The Morgan fingerprint density at radius 2 is 2.12 bits per heavy atom. The van der Waals surface area contributed by atoms with Crippen molar-refractivity contribution < 1.29 is 9.59 Å². The van der Waals surface area contributed by atoms with E-state index in [0.29, 0.717) is 22.7 Å². The predicted molar refractivity (Wildman–Crippen MR) is 99.4 cm³/mol. The fourth-order valence-electron chi connectivity index (χ4n) is 2.75. The fraction of sp³-hybridized carbons (Fsp3) is 0.316. The maximum atomic E-state index is 12.9. The van der Waals surface area contributed by atoms with Crippen LogP contribution >= 0.6 is 11.8 Å². The molecule has 1 N–H and O–H groups in total. The molecule has 25 heavy (non-hydrogen) atoms. The lowest BCUT2D eigenvalue weighted by molar-refractivity contribution is 0.0942. The molecule has 3 rings (SSSR count). The van der Waals surface area contributed by atoms with Gasteiger partial charge >= 0.3 is 0 Å². The summed E-state index contributed by atoms with van der Waals surface area (Å²) in [5.74, 6) is -0.159. The van der Waals surface area contributed by atoms with E-state index in [1.165, 1.54) is 11.8 Å². The number of carbonyl (C=O) groups excluding carboxylic acids is 2. The molecule has 2 aromatic rings. The minimum Gasteiger partial charge on any atom is -0.350 e. The number of benzene rings is 1. The van der Waals surface area contributed by atoms with Gasteiger partial charge in [0.25, 0.3) is 11.8 Å². The van der Waals surface area contributed by atoms with Crippen LogP contribution < -0.4 is 10.2 Å². The first kappa shape index (κ1) is 17.5. The Bertz CT molecular complexity index is 820. The van der Waals surface area contributed by atoms with Gasteiger partial charge in [0.2, 0.25) is 0 Å². The average molecular weight is 355 g/mol. The largest absolute Gasteiger partial charge is 0.350 e. The van der Waals surface area contributed by atoms with Crippen molar-refractivity contribution in [1.82, 2.24) is 10.3 Å². The van der Waals surface area contributed by atoms with Crippen molar-refractivity contribution in [3.8, 4) is 0 Å². The molecule has 0 saturated heterocycles. The molecule has 1 aliphatic rings. The summed E-state index contributed by atoms with van der Waals surface area (Å²) in [5.41, 5.74) is 2.02. The second-order valence-corrected chi connectivity index (χ2v) is 7.26. The van der Waals surface area contributed by atoms with Gasteiger partial charge in [-0.2, -0.15) is 0 Å². The Morgan fingerprint density at radius 3 is 2.84 bits per heavy atom. The summed E-state index contributed by atoms with van der Waals surface area (Å²) in [4.78, 5) is 32.3. The monoisotopic (exact) mass is 355 g/mol. The first-order valence-corrected chi connectivity index (χ1v) is 9.22. The Labute approximate surface area is 151 Å². The van der Waals surface area contributed by atoms with E-state index in [9.17, 15) is 9.59 Å². The van der Waals surface area contributed by atoms with Gasteiger partial charge in [0.05, 0.1) is 11.3 Å². The van der Waals surface area contributed by atoms with Crippen molar-refractivity contribution in [2.24, 2.45) is 0 Å². The summed E-state index contributed by atoms with van der Waals surface area (Å²) in [6.45, 7) is 6.52. The molecule has 130 valence electrons. The molecule has 1 aromatic heterocycles. The smallest absolute Gasteiger partial charge is 0.261 e. The number of carbonyl (C=O) groups is 2. The Kier molecular flexibility index (Phi) is 5.08. The first-order valence-electron chi connectivity index (χ1n) is 8.41. The van der Waals surface area contributed by atoms with Gasteiger partial charge in [-0.15, -0.1) is 0 Å². The SMILES string of the molecule is CCCN1C(=O)c2cccnc2Sc2cc(C(=O)NC(C)C)ccc21. The van der Waals surface area contributed by atoms with Crippen LogP contribution in [0.4, 0.5) is 5.69 Å². The van der Waals surface area contributed by atoms with Gasteiger partial charge in [0.1, 0.15) is 5.03 Å². The number of pyridine rings is 1. The lowest BCUT2D eigenvalue weighted by Crippen LogP contribution is -2.32. The third-order valence-electron chi connectivity index (χ3n) is 3.83. The maximum Gasteiger partial charge on any atom is 0.261 e. The zero-order chi connectivity index (χ0) is 18.0. The highest BCUT2D eigenvalue weighted by atomic mass is 32.2. The van der Waals surface area contributed by atoms with Crippen LogP contribution in [0.1, 0.15) is 47.9 Å². The van der Waals surface area contributed by atoms with Crippen LogP contribution in [-0.2, 0) is 0 Å². The van der Waals surface area contributed by atoms with E-state index in [-0.39, 0.29) is 17.9 Å².